The SMILES string of the molecule is Cc1nnc2sc(C34CC5CC(CC(C5)C3)C4)nn12. The highest BCUT2D eigenvalue weighted by atomic mass is 32.1. The Kier molecular flexibility index (Phi) is 1.91. The summed E-state index contributed by atoms with van der Waals surface area (Å²) >= 11 is 1.78. The van der Waals surface area contributed by atoms with Crippen LogP contribution in [0, 0.1) is 24.7 Å². The minimum absolute atomic E-state index is 0.395. The molecule has 4 bridgehead atoms. The number of hydrogen-bond acceptors (Lipinski definition) is 4. The van der Waals surface area contributed by atoms with Crippen LogP contribution < -0.4 is 0 Å². The maximum atomic E-state index is 4.87. The molecule has 100 valence electrons. The average Bonchev–Trinajstić information content (AvgIpc) is 2.91. The molecule has 0 aliphatic heterocycles. The van der Waals surface area contributed by atoms with Gasteiger partial charge >= 0.3 is 0 Å². The van der Waals surface area contributed by atoms with Gasteiger partial charge < -0.3 is 0 Å². The van der Waals surface area contributed by atoms with Crippen molar-refractivity contribution in [3.63, 3.8) is 0 Å². The Morgan fingerprint density at radius 1 is 1.05 bits per heavy atom. The van der Waals surface area contributed by atoms with Crippen LogP contribution in [0.25, 0.3) is 4.96 Å². The summed E-state index contributed by atoms with van der Waals surface area (Å²) in [6.07, 6.45) is 8.60. The number of aryl methyl sites for hydroxylation is 1. The zero-order chi connectivity index (χ0) is 12.6. The van der Waals surface area contributed by atoms with E-state index in [1.807, 2.05) is 11.4 Å². The van der Waals surface area contributed by atoms with Gasteiger partial charge in [-0.25, -0.2) is 0 Å². The second kappa shape index (κ2) is 3.37. The van der Waals surface area contributed by atoms with E-state index in [1.54, 1.807) is 11.3 Å². The van der Waals surface area contributed by atoms with Gasteiger partial charge in [-0.1, -0.05) is 11.3 Å². The summed E-state index contributed by atoms with van der Waals surface area (Å²) in [4.78, 5) is 0.975. The number of hydrogen-bond donors (Lipinski definition) is 0. The largest absolute Gasteiger partial charge is 0.234 e. The van der Waals surface area contributed by atoms with Gasteiger partial charge in [0.25, 0.3) is 0 Å². The van der Waals surface area contributed by atoms with E-state index in [9.17, 15) is 0 Å². The first-order valence-corrected chi connectivity index (χ1v) is 8.23. The highest BCUT2D eigenvalue weighted by Gasteiger charge is 2.53. The predicted octanol–water partition coefficient (Wildman–Crippen LogP) is 2.96. The van der Waals surface area contributed by atoms with Crippen molar-refractivity contribution >= 4 is 16.3 Å². The second-order valence-electron chi connectivity index (χ2n) is 7.05. The smallest absolute Gasteiger partial charge is 0.188 e. The molecule has 2 aromatic rings. The molecule has 6 rings (SSSR count). The van der Waals surface area contributed by atoms with Gasteiger partial charge in [0, 0.05) is 5.41 Å². The van der Waals surface area contributed by atoms with Gasteiger partial charge in [0.1, 0.15) is 5.01 Å². The summed E-state index contributed by atoms with van der Waals surface area (Å²) in [6.45, 7) is 1.99. The van der Waals surface area contributed by atoms with Gasteiger partial charge in [-0.05, 0) is 63.2 Å². The molecule has 4 saturated carbocycles. The summed E-state index contributed by atoms with van der Waals surface area (Å²) in [5, 5.41) is 14.6. The van der Waals surface area contributed by atoms with E-state index in [2.05, 4.69) is 10.2 Å². The topological polar surface area (TPSA) is 43.1 Å². The Balaban J connectivity index is 1.64. The van der Waals surface area contributed by atoms with Crippen molar-refractivity contribution in [3.8, 4) is 0 Å². The lowest BCUT2D eigenvalue weighted by Gasteiger charge is -2.55. The molecule has 19 heavy (non-hydrogen) atoms. The highest BCUT2D eigenvalue weighted by molar-refractivity contribution is 7.16. The first-order chi connectivity index (χ1) is 9.22. The van der Waals surface area contributed by atoms with E-state index in [1.165, 1.54) is 43.5 Å². The first kappa shape index (κ1) is 10.8. The van der Waals surface area contributed by atoms with E-state index >= 15 is 0 Å². The van der Waals surface area contributed by atoms with Crippen LogP contribution >= 0.6 is 11.3 Å². The van der Waals surface area contributed by atoms with Crippen LogP contribution in [0.2, 0.25) is 0 Å². The van der Waals surface area contributed by atoms with Gasteiger partial charge in [-0.2, -0.15) is 9.61 Å². The third-order valence-corrected chi connectivity index (χ3v) is 6.78. The fourth-order valence-corrected chi connectivity index (χ4v) is 6.40. The minimum Gasteiger partial charge on any atom is -0.188 e. The first-order valence-electron chi connectivity index (χ1n) is 7.41. The van der Waals surface area contributed by atoms with E-state index < -0.39 is 0 Å². The van der Waals surface area contributed by atoms with Crippen LogP contribution in [0.15, 0.2) is 0 Å². The van der Waals surface area contributed by atoms with Crippen LogP contribution in [-0.2, 0) is 5.41 Å². The fourth-order valence-electron chi connectivity index (χ4n) is 5.30. The molecule has 5 heteroatoms. The molecule has 0 aromatic carbocycles. The van der Waals surface area contributed by atoms with E-state index in [4.69, 9.17) is 5.10 Å². The maximum absolute atomic E-state index is 4.87. The molecule has 4 fully saturated rings. The van der Waals surface area contributed by atoms with Crippen molar-refractivity contribution < 1.29 is 0 Å². The lowest BCUT2D eigenvalue weighted by Crippen LogP contribution is -2.48. The standard InChI is InChI=1S/C14H18N4S/c1-8-15-16-13-18(8)17-12(19-13)14-5-9-2-10(6-14)4-11(3-9)7-14/h9-11H,2-7H2,1H3. The highest BCUT2D eigenvalue weighted by Crippen LogP contribution is 2.61. The number of fused-ring (bicyclic) bond motifs is 1. The van der Waals surface area contributed by atoms with Gasteiger partial charge in [-0.15, -0.1) is 10.2 Å². The monoisotopic (exact) mass is 274 g/mol. The second-order valence-corrected chi connectivity index (χ2v) is 8.00. The van der Waals surface area contributed by atoms with Crippen molar-refractivity contribution in [1.29, 1.82) is 0 Å². The summed E-state index contributed by atoms with van der Waals surface area (Å²) < 4.78 is 1.94. The Labute approximate surface area is 116 Å². The quantitative estimate of drug-likeness (QED) is 0.803. The molecule has 0 spiro atoms. The Morgan fingerprint density at radius 3 is 2.26 bits per heavy atom. The van der Waals surface area contributed by atoms with Gasteiger partial charge in [0.05, 0.1) is 0 Å². The molecule has 2 heterocycles. The Morgan fingerprint density at radius 2 is 1.68 bits per heavy atom. The molecule has 0 amide bonds. The molecule has 4 aliphatic rings. The predicted molar refractivity (Wildman–Crippen MR) is 73.2 cm³/mol. The fraction of sp³-hybridized carbons (Fsp3) is 0.786. The summed E-state index contributed by atoms with van der Waals surface area (Å²) in [5.41, 5.74) is 0.395. The van der Waals surface area contributed by atoms with Crippen molar-refractivity contribution in [2.75, 3.05) is 0 Å². The molecule has 0 radical (unpaired) electrons. The molecule has 0 saturated heterocycles. The third-order valence-electron chi connectivity index (χ3n) is 5.64. The average molecular weight is 274 g/mol. The molecule has 2 aromatic heterocycles. The summed E-state index contributed by atoms with van der Waals surface area (Å²) in [7, 11) is 0. The molecule has 0 N–H and O–H groups in total. The van der Waals surface area contributed by atoms with Crippen molar-refractivity contribution in [2.24, 2.45) is 17.8 Å². The van der Waals surface area contributed by atoms with E-state index in [-0.39, 0.29) is 0 Å². The maximum Gasteiger partial charge on any atom is 0.234 e. The normalized spacial score (nSPS) is 40.4. The minimum atomic E-state index is 0.395. The number of rotatable bonds is 1. The third kappa shape index (κ3) is 1.37. The van der Waals surface area contributed by atoms with E-state index in [0.717, 1.165) is 28.5 Å². The van der Waals surface area contributed by atoms with Crippen LogP contribution in [0.3, 0.4) is 0 Å². The van der Waals surface area contributed by atoms with Crippen molar-refractivity contribution in [3.05, 3.63) is 10.8 Å². The van der Waals surface area contributed by atoms with Crippen molar-refractivity contribution in [2.45, 2.75) is 50.9 Å². The van der Waals surface area contributed by atoms with E-state index in [0.29, 0.717) is 5.41 Å². The number of aromatic nitrogens is 4. The summed E-state index contributed by atoms with van der Waals surface area (Å²) in [6, 6.07) is 0. The molecular formula is C14H18N4S. The zero-order valence-electron chi connectivity index (χ0n) is 11.2. The lowest BCUT2D eigenvalue weighted by molar-refractivity contribution is -0.00567. The van der Waals surface area contributed by atoms with Crippen LogP contribution in [-0.4, -0.2) is 19.8 Å². The van der Waals surface area contributed by atoms with Crippen molar-refractivity contribution in [1.82, 2.24) is 19.8 Å². The Bertz CT molecular complexity index is 620. The lowest BCUT2D eigenvalue weighted by atomic mass is 9.50. The van der Waals surface area contributed by atoms with Crippen LogP contribution in [0.4, 0.5) is 0 Å². The van der Waals surface area contributed by atoms with Crippen LogP contribution in [0.1, 0.15) is 49.4 Å². The van der Waals surface area contributed by atoms with Gasteiger partial charge in [-0.3, -0.25) is 0 Å². The molecule has 4 aliphatic carbocycles. The Hall–Kier alpha value is -0.970. The molecule has 0 unspecified atom stereocenters. The molecule has 4 nitrogen and oxygen atoms in total. The van der Waals surface area contributed by atoms with Gasteiger partial charge in [0.2, 0.25) is 4.96 Å². The zero-order valence-corrected chi connectivity index (χ0v) is 12.0. The molecule has 0 atom stereocenters. The molecular weight excluding hydrogens is 256 g/mol. The van der Waals surface area contributed by atoms with Crippen LogP contribution in [0.5, 0.6) is 0 Å². The summed E-state index contributed by atoms with van der Waals surface area (Å²) in [5.74, 6) is 3.84. The number of nitrogens with zero attached hydrogens (tertiary/aromatic N) is 4. The van der Waals surface area contributed by atoms with Gasteiger partial charge in [0.15, 0.2) is 5.82 Å².